The van der Waals surface area contributed by atoms with E-state index < -0.39 is 0 Å². The van der Waals surface area contributed by atoms with Crippen LogP contribution >= 0.6 is 0 Å². The molecule has 5 aromatic carbocycles. The number of para-hydroxylation sites is 1. The number of nitrogens with zero attached hydrogens (tertiary/aromatic N) is 1. The molecule has 0 spiro atoms. The number of benzene rings is 5. The maximum Gasteiger partial charge on any atom is 0.0508 e. The largest absolute Gasteiger partial charge is 0.310 e. The van der Waals surface area contributed by atoms with Gasteiger partial charge in [0.05, 0.1) is 5.69 Å². The van der Waals surface area contributed by atoms with Crippen LogP contribution < -0.4 is 4.90 Å². The Morgan fingerprint density at radius 2 is 1.03 bits per heavy atom. The second-order valence-corrected chi connectivity index (χ2v) is 9.45. The van der Waals surface area contributed by atoms with Crippen LogP contribution in [0.4, 0.5) is 17.1 Å². The Morgan fingerprint density at radius 3 is 1.76 bits per heavy atom. The third kappa shape index (κ3) is 3.24. The van der Waals surface area contributed by atoms with E-state index in [0.29, 0.717) is 0 Å². The monoisotopic (exact) mass is 437 g/mol. The van der Waals surface area contributed by atoms with E-state index in [2.05, 4.69) is 146 Å². The van der Waals surface area contributed by atoms with E-state index in [1.54, 1.807) is 0 Å². The summed E-state index contributed by atoms with van der Waals surface area (Å²) in [6, 6.07) is 45.8. The van der Waals surface area contributed by atoms with E-state index in [9.17, 15) is 0 Å². The van der Waals surface area contributed by atoms with E-state index in [0.717, 1.165) is 11.4 Å². The molecule has 0 radical (unpaired) electrons. The molecule has 0 heterocycles. The summed E-state index contributed by atoms with van der Waals surface area (Å²) in [5.41, 5.74) is 11.4. The summed E-state index contributed by atoms with van der Waals surface area (Å²) < 4.78 is 0. The lowest BCUT2D eigenvalue weighted by Gasteiger charge is -2.32. The lowest BCUT2D eigenvalue weighted by atomic mass is 9.81. The number of anilines is 3. The first-order valence-electron chi connectivity index (χ1n) is 11.9. The van der Waals surface area contributed by atoms with Gasteiger partial charge in [-0.05, 0) is 63.7 Å². The Morgan fingerprint density at radius 1 is 0.471 bits per heavy atom. The minimum absolute atomic E-state index is 0.0838. The topological polar surface area (TPSA) is 3.24 Å². The van der Waals surface area contributed by atoms with Crippen molar-refractivity contribution >= 4 is 17.1 Å². The molecule has 34 heavy (non-hydrogen) atoms. The van der Waals surface area contributed by atoms with E-state index >= 15 is 0 Å². The van der Waals surface area contributed by atoms with Crippen LogP contribution in [0.5, 0.6) is 0 Å². The summed E-state index contributed by atoms with van der Waals surface area (Å²) in [5.74, 6) is 0. The highest BCUT2D eigenvalue weighted by atomic mass is 15.1. The zero-order chi connectivity index (χ0) is 23.1. The second-order valence-electron chi connectivity index (χ2n) is 9.45. The fraction of sp³-hybridized carbons (Fsp3) is 0.0909. The third-order valence-electron chi connectivity index (χ3n) is 7.05. The lowest BCUT2D eigenvalue weighted by Crippen LogP contribution is -2.20. The van der Waals surface area contributed by atoms with Gasteiger partial charge in [0.15, 0.2) is 0 Å². The first-order chi connectivity index (χ1) is 16.6. The minimum atomic E-state index is -0.0838. The van der Waals surface area contributed by atoms with Gasteiger partial charge in [0.1, 0.15) is 0 Å². The Kier molecular flexibility index (Phi) is 4.85. The Balaban J connectivity index is 1.54. The summed E-state index contributed by atoms with van der Waals surface area (Å²) in [6.45, 7) is 4.70. The first-order valence-corrected chi connectivity index (χ1v) is 11.9. The van der Waals surface area contributed by atoms with E-state index in [1.165, 1.54) is 39.1 Å². The SMILES string of the molecule is CC1(C)c2ccccc2-c2cccc(N(c3ccccc3)c3ccc(-c4ccccc4)cc3)c21. The molecule has 0 saturated heterocycles. The fourth-order valence-electron chi connectivity index (χ4n) is 5.44. The Hall–Kier alpha value is -4.10. The maximum absolute atomic E-state index is 2.40. The van der Waals surface area contributed by atoms with E-state index in [4.69, 9.17) is 0 Å². The Bertz CT molecular complexity index is 1450. The number of hydrogen-bond acceptors (Lipinski definition) is 1. The molecule has 1 nitrogen and oxygen atoms in total. The molecule has 6 rings (SSSR count). The molecule has 0 fully saturated rings. The summed E-state index contributed by atoms with van der Waals surface area (Å²) in [4.78, 5) is 2.40. The predicted molar refractivity (Wildman–Crippen MR) is 144 cm³/mol. The van der Waals surface area contributed by atoms with Gasteiger partial charge in [0.25, 0.3) is 0 Å². The van der Waals surface area contributed by atoms with Gasteiger partial charge in [0.2, 0.25) is 0 Å². The maximum atomic E-state index is 2.40. The molecule has 5 aromatic rings. The Labute approximate surface area is 202 Å². The summed E-state index contributed by atoms with van der Waals surface area (Å²) in [5, 5.41) is 0. The van der Waals surface area contributed by atoms with Gasteiger partial charge in [-0.15, -0.1) is 0 Å². The average molecular weight is 438 g/mol. The molecule has 0 aliphatic heterocycles. The van der Waals surface area contributed by atoms with Crippen LogP contribution in [0.3, 0.4) is 0 Å². The van der Waals surface area contributed by atoms with Crippen LogP contribution in [0.15, 0.2) is 127 Å². The molecule has 0 bridgehead atoms. The first kappa shape index (κ1) is 20.5. The molecule has 164 valence electrons. The van der Waals surface area contributed by atoms with Crippen LogP contribution in [-0.2, 0) is 5.41 Å². The average Bonchev–Trinajstić information content (AvgIpc) is 3.13. The predicted octanol–water partition coefficient (Wildman–Crippen LogP) is 9.13. The molecule has 0 N–H and O–H groups in total. The van der Waals surface area contributed by atoms with Crippen LogP contribution in [-0.4, -0.2) is 0 Å². The van der Waals surface area contributed by atoms with E-state index in [1.807, 2.05) is 0 Å². The molecule has 0 amide bonds. The molecular weight excluding hydrogens is 410 g/mol. The number of fused-ring (bicyclic) bond motifs is 3. The highest BCUT2D eigenvalue weighted by Crippen LogP contribution is 2.54. The quantitative estimate of drug-likeness (QED) is 0.271. The van der Waals surface area contributed by atoms with Gasteiger partial charge in [-0.2, -0.15) is 0 Å². The molecule has 0 unspecified atom stereocenters. The molecular formula is C33H27N. The van der Waals surface area contributed by atoms with Gasteiger partial charge in [0, 0.05) is 16.8 Å². The molecule has 0 aromatic heterocycles. The highest BCUT2D eigenvalue weighted by molar-refractivity contribution is 5.90. The molecule has 0 saturated carbocycles. The van der Waals surface area contributed by atoms with Crippen molar-refractivity contribution < 1.29 is 0 Å². The smallest absolute Gasteiger partial charge is 0.0508 e. The minimum Gasteiger partial charge on any atom is -0.310 e. The van der Waals surface area contributed by atoms with Gasteiger partial charge in [-0.1, -0.05) is 111 Å². The third-order valence-corrected chi connectivity index (χ3v) is 7.05. The molecule has 1 heteroatoms. The molecule has 1 aliphatic carbocycles. The van der Waals surface area contributed by atoms with Gasteiger partial charge in [-0.25, -0.2) is 0 Å². The van der Waals surface area contributed by atoms with Crippen molar-refractivity contribution in [2.45, 2.75) is 19.3 Å². The van der Waals surface area contributed by atoms with Crippen molar-refractivity contribution in [1.29, 1.82) is 0 Å². The zero-order valence-corrected chi connectivity index (χ0v) is 19.6. The fourth-order valence-corrected chi connectivity index (χ4v) is 5.44. The van der Waals surface area contributed by atoms with Gasteiger partial charge >= 0.3 is 0 Å². The highest BCUT2D eigenvalue weighted by Gasteiger charge is 2.38. The normalized spacial score (nSPS) is 13.2. The van der Waals surface area contributed by atoms with E-state index in [-0.39, 0.29) is 5.41 Å². The molecule has 0 atom stereocenters. The lowest BCUT2D eigenvalue weighted by molar-refractivity contribution is 0.661. The van der Waals surface area contributed by atoms with Crippen LogP contribution in [0, 0.1) is 0 Å². The van der Waals surface area contributed by atoms with Crippen molar-refractivity contribution in [3.8, 4) is 22.3 Å². The standard InChI is InChI=1S/C33H27N/c1-33(2)30-18-10-9-16-28(30)29-17-11-19-31(32(29)33)34(26-14-7-4-8-15-26)27-22-20-25(21-23-27)24-12-5-3-6-13-24/h3-23H,1-2H3. The van der Waals surface area contributed by atoms with Crippen molar-refractivity contribution in [1.82, 2.24) is 0 Å². The summed E-state index contributed by atoms with van der Waals surface area (Å²) in [6.07, 6.45) is 0. The number of rotatable bonds is 4. The van der Waals surface area contributed by atoms with Crippen molar-refractivity contribution in [2.24, 2.45) is 0 Å². The number of hydrogen-bond donors (Lipinski definition) is 0. The van der Waals surface area contributed by atoms with Crippen molar-refractivity contribution in [3.63, 3.8) is 0 Å². The summed E-state index contributed by atoms with van der Waals surface area (Å²) in [7, 11) is 0. The zero-order valence-electron chi connectivity index (χ0n) is 19.6. The van der Waals surface area contributed by atoms with Crippen molar-refractivity contribution in [3.05, 3.63) is 139 Å². The van der Waals surface area contributed by atoms with Gasteiger partial charge in [-0.3, -0.25) is 0 Å². The van der Waals surface area contributed by atoms with Crippen molar-refractivity contribution in [2.75, 3.05) is 4.90 Å². The second kappa shape index (κ2) is 8.04. The molecule has 1 aliphatic rings. The van der Waals surface area contributed by atoms with Gasteiger partial charge < -0.3 is 4.90 Å². The van der Waals surface area contributed by atoms with Crippen LogP contribution in [0.2, 0.25) is 0 Å². The summed E-state index contributed by atoms with van der Waals surface area (Å²) >= 11 is 0. The van der Waals surface area contributed by atoms with Crippen LogP contribution in [0.1, 0.15) is 25.0 Å². The van der Waals surface area contributed by atoms with Crippen LogP contribution in [0.25, 0.3) is 22.3 Å².